The summed E-state index contributed by atoms with van der Waals surface area (Å²) in [4.78, 5) is 0. The second kappa shape index (κ2) is 2.88. The number of hydrogen-bond acceptors (Lipinski definition) is 2. The quantitative estimate of drug-likeness (QED) is 0.631. The van der Waals surface area contributed by atoms with Crippen LogP contribution in [0.3, 0.4) is 0 Å². The third-order valence-electron chi connectivity index (χ3n) is 2.37. The number of rotatable bonds is 0. The molecular formula is C9H9F3N2. The lowest BCUT2D eigenvalue weighted by atomic mass is 10.0. The van der Waals surface area contributed by atoms with Gasteiger partial charge in [0, 0.05) is 12.2 Å². The molecule has 0 amide bonds. The number of alkyl halides is 3. The molecule has 0 aliphatic carbocycles. The van der Waals surface area contributed by atoms with E-state index in [4.69, 9.17) is 5.73 Å². The number of halogens is 3. The van der Waals surface area contributed by atoms with E-state index in [1.807, 2.05) is 0 Å². The van der Waals surface area contributed by atoms with Crippen LogP contribution in [0.15, 0.2) is 18.2 Å². The van der Waals surface area contributed by atoms with Gasteiger partial charge in [-0.15, -0.1) is 0 Å². The van der Waals surface area contributed by atoms with Crippen molar-refractivity contribution in [1.29, 1.82) is 0 Å². The van der Waals surface area contributed by atoms with Crippen molar-refractivity contribution in [3.63, 3.8) is 0 Å². The van der Waals surface area contributed by atoms with E-state index >= 15 is 0 Å². The Labute approximate surface area is 78.9 Å². The molecule has 0 radical (unpaired) electrons. The molecule has 0 fully saturated rings. The topological polar surface area (TPSA) is 38.0 Å². The Morgan fingerprint density at radius 1 is 1.36 bits per heavy atom. The molecule has 0 bridgehead atoms. The second-order valence-electron chi connectivity index (χ2n) is 3.27. The number of benzene rings is 1. The summed E-state index contributed by atoms with van der Waals surface area (Å²) in [6.07, 6.45) is -4.25. The van der Waals surface area contributed by atoms with Crippen LogP contribution < -0.4 is 11.1 Å². The molecule has 1 atom stereocenters. The summed E-state index contributed by atoms with van der Waals surface area (Å²) in [7, 11) is 0. The summed E-state index contributed by atoms with van der Waals surface area (Å²) in [5, 5.41) is 2.40. The molecule has 1 aliphatic rings. The highest BCUT2D eigenvalue weighted by molar-refractivity contribution is 5.54. The van der Waals surface area contributed by atoms with Crippen molar-refractivity contribution in [2.24, 2.45) is 0 Å². The number of nitrogens with two attached hydrogens (primary N) is 1. The van der Waals surface area contributed by atoms with Crippen LogP contribution in [0.25, 0.3) is 0 Å². The van der Waals surface area contributed by atoms with Crippen molar-refractivity contribution in [1.82, 2.24) is 5.32 Å². The highest BCUT2D eigenvalue weighted by atomic mass is 19.4. The standard InChI is InChI=1S/C9H9F3N2/c10-9(11,12)8-5-2-1-3-7(13)6(5)4-14-8/h1-3,8,14H,4,13H2/t8-/m0/s1. The van der Waals surface area contributed by atoms with Crippen LogP contribution in [0.2, 0.25) is 0 Å². The molecule has 0 spiro atoms. The first-order valence-electron chi connectivity index (χ1n) is 4.17. The van der Waals surface area contributed by atoms with Crippen LogP contribution in [0.1, 0.15) is 17.2 Å². The lowest BCUT2D eigenvalue weighted by Crippen LogP contribution is -2.28. The van der Waals surface area contributed by atoms with Crippen LogP contribution in [-0.2, 0) is 6.54 Å². The highest BCUT2D eigenvalue weighted by Crippen LogP contribution is 2.39. The molecule has 76 valence electrons. The Morgan fingerprint density at radius 3 is 2.71 bits per heavy atom. The monoisotopic (exact) mass is 202 g/mol. The fourth-order valence-electron chi connectivity index (χ4n) is 1.70. The Hall–Kier alpha value is -1.23. The first-order valence-corrected chi connectivity index (χ1v) is 4.17. The number of anilines is 1. The fraction of sp³-hybridized carbons (Fsp3) is 0.333. The van der Waals surface area contributed by atoms with Crippen LogP contribution in [0.5, 0.6) is 0 Å². The van der Waals surface area contributed by atoms with Gasteiger partial charge in [0.25, 0.3) is 0 Å². The summed E-state index contributed by atoms with van der Waals surface area (Å²) < 4.78 is 37.4. The predicted octanol–water partition coefficient (Wildman–Crippen LogP) is 1.98. The molecule has 0 saturated carbocycles. The molecule has 0 saturated heterocycles. The lowest BCUT2D eigenvalue weighted by molar-refractivity contribution is -0.155. The number of fused-ring (bicyclic) bond motifs is 1. The maximum absolute atomic E-state index is 12.5. The molecule has 1 aromatic rings. The first-order chi connectivity index (χ1) is 6.50. The molecule has 2 nitrogen and oxygen atoms in total. The summed E-state index contributed by atoms with van der Waals surface area (Å²) in [6, 6.07) is 3.05. The molecule has 0 aromatic heterocycles. The van der Waals surface area contributed by atoms with Crippen molar-refractivity contribution in [3.8, 4) is 0 Å². The molecule has 1 aliphatic heterocycles. The van der Waals surface area contributed by atoms with Crippen LogP contribution >= 0.6 is 0 Å². The SMILES string of the molecule is Nc1cccc2c1CN[C@@H]2C(F)(F)F. The van der Waals surface area contributed by atoms with E-state index in [1.54, 1.807) is 12.1 Å². The number of nitrogen functional groups attached to an aromatic ring is 1. The van der Waals surface area contributed by atoms with E-state index in [1.165, 1.54) is 6.07 Å². The highest BCUT2D eigenvalue weighted by Gasteiger charge is 2.44. The molecule has 0 unspecified atom stereocenters. The van der Waals surface area contributed by atoms with Gasteiger partial charge in [0.1, 0.15) is 6.04 Å². The Balaban J connectivity index is 2.45. The van der Waals surface area contributed by atoms with Gasteiger partial charge >= 0.3 is 6.18 Å². The molecule has 1 heterocycles. The minimum Gasteiger partial charge on any atom is -0.398 e. The van der Waals surface area contributed by atoms with E-state index < -0.39 is 12.2 Å². The van der Waals surface area contributed by atoms with E-state index in [2.05, 4.69) is 5.32 Å². The summed E-state index contributed by atoms with van der Waals surface area (Å²) >= 11 is 0. The Bertz CT molecular complexity index is 360. The zero-order valence-electron chi connectivity index (χ0n) is 7.23. The van der Waals surface area contributed by atoms with E-state index in [0.29, 0.717) is 11.3 Å². The zero-order valence-corrected chi connectivity index (χ0v) is 7.23. The fourth-order valence-corrected chi connectivity index (χ4v) is 1.70. The van der Waals surface area contributed by atoms with E-state index in [-0.39, 0.29) is 12.1 Å². The molecular weight excluding hydrogens is 193 g/mol. The second-order valence-corrected chi connectivity index (χ2v) is 3.27. The van der Waals surface area contributed by atoms with Gasteiger partial charge in [-0.1, -0.05) is 12.1 Å². The average molecular weight is 202 g/mol. The molecule has 3 N–H and O–H groups in total. The third kappa shape index (κ3) is 1.33. The summed E-state index contributed by atoms with van der Waals surface area (Å²) in [6.45, 7) is 0.187. The smallest absolute Gasteiger partial charge is 0.398 e. The van der Waals surface area contributed by atoms with Crippen LogP contribution in [-0.4, -0.2) is 6.18 Å². The maximum atomic E-state index is 12.5. The lowest BCUT2D eigenvalue weighted by Gasteiger charge is -2.15. The van der Waals surface area contributed by atoms with Gasteiger partial charge in [0.05, 0.1) is 0 Å². The van der Waals surface area contributed by atoms with Gasteiger partial charge in [-0.3, -0.25) is 5.32 Å². The van der Waals surface area contributed by atoms with Gasteiger partial charge in [-0.05, 0) is 17.2 Å². The third-order valence-corrected chi connectivity index (χ3v) is 2.37. The van der Waals surface area contributed by atoms with Crippen LogP contribution in [0, 0.1) is 0 Å². The van der Waals surface area contributed by atoms with Gasteiger partial charge in [0.15, 0.2) is 0 Å². The molecule has 1 aromatic carbocycles. The van der Waals surface area contributed by atoms with Crippen molar-refractivity contribution >= 4 is 5.69 Å². The van der Waals surface area contributed by atoms with E-state index in [0.717, 1.165) is 0 Å². The van der Waals surface area contributed by atoms with Gasteiger partial charge < -0.3 is 5.73 Å². The Morgan fingerprint density at radius 2 is 2.07 bits per heavy atom. The molecule has 5 heteroatoms. The van der Waals surface area contributed by atoms with Crippen molar-refractivity contribution in [3.05, 3.63) is 29.3 Å². The van der Waals surface area contributed by atoms with Gasteiger partial charge in [0.2, 0.25) is 0 Å². The number of hydrogen-bond donors (Lipinski definition) is 2. The van der Waals surface area contributed by atoms with Gasteiger partial charge in [-0.2, -0.15) is 13.2 Å². The average Bonchev–Trinajstić information content (AvgIpc) is 2.47. The van der Waals surface area contributed by atoms with E-state index in [9.17, 15) is 13.2 Å². The van der Waals surface area contributed by atoms with Crippen molar-refractivity contribution in [2.75, 3.05) is 5.73 Å². The van der Waals surface area contributed by atoms with Crippen LogP contribution in [0.4, 0.5) is 18.9 Å². The van der Waals surface area contributed by atoms with Crippen molar-refractivity contribution < 1.29 is 13.2 Å². The first kappa shape index (κ1) is 9.33. The number of nitrogens with one attached hydrogen (secondary N) is 1. The zero-order chi connectivity index (χ0) is 10.3. The molecule has 2 rings (SSSR count). The Kier molecular flexibility index (Phi) is 1.92. The maximum Gasteiger partial charge on any atom is 0.407 e. The predicted molar refractivity (Wildman–Crippen MR) is 46.5 cm³/mol. The van der Waals surface area contributed by atoms with Gasteiger partial charge in [-0.25, -0.2) is 0 Å². The normalized spacial score (nSPS) is 20.9. The minimum atomic E-state index is -4.25. The largest absolute Gasteiger partial charge is 0.407 e. The summed E-state index contributed by atoms with van der Waals surface area (Å²) in [5.74, 6) is 0. The minimum absolute atomic E-state index is 0.187. The summed E-state index contributed by atoms with van der Waals surface area (Å²) in [5.41, 5.74) is 6.80. The van der Waals surface area contributed by atoms with Crippen molar-refractivity contribution in [2.45, 2.75) is 18.8 Å². The molecule has 14 heavy (non-hydrogen) atoms.